The van der Waals surface area contributed by atoms with Crippen molar-refractivity contribution in [3.8, 4) is 11.4 Å². The largest absolute Gasteiger partial charge is 0.495 e. The zero-order valence-corrected chi connectivity index (χ0v) is 12.7. The van der Waals surface area contributed by atoms with Crippen LogP contribution in [-0.4, -0.2) is 25.1 Å². The predicted molar refractivity (Wildman–Crippen MR) is 88.2 cm³/mol. The van der Waals surface area contributed by atoms with Gasteiger partial charge >= 0.3 is 0 Å². The highest BCUT2D eigenvalue weighted by molar-refractivity contribution is 5.75. The van der Waals surface area contributed by atoms with Gasteiger partial charge in [-0.2, -0.15) is 0 Å². The molecule has 3 radical (unpaired) electrons. The van der Waals surface area contributed by atoms with Crippen LogP contribution in [0.5, 0.6) is 5.75 Å². The molecule has 0 fully saturated rings. The highest BCUT2D eigenvalue weighted by Crippen LogP contribution is 2.26. The number of nitrogens with zero attached hydrogens (tertiary/aromatic N) is 2. The van der Waals surface area contributed by atoms with E-state index in [0.29, 0.717) is 0 Å². The smallest absolute Gasteiger partial charge is 0.143 e. The second-order valence-electron chi connectivity index (χ2n) is 4.03. The highest BCUT2D eigenvalue weighted by Gasteiger charge is 2.07. The van der Waals surface area contributed by atoms with Gasteiger partial charge in [0.15, 0.2) is 0 Å². The van der Waals surface area contributed by atoms with E-state index in [-0.39, 0.29) is 15.8 Å². The van der Waals surface area contributed by atoms with Crippen LogP contribution in [0.15, 0.2) is 24.7 Å². The van der Waals surface area contributed by atoms with Gasteiger partial charge in [-0.25, -0.2) is 4.98 Å². The standard InChI is InChI=1S/C13H16N2O.C2H6.CH4.B/c1-9-5-12(13(16-4)6-10(9)2)15-7-11(3)14-8-15;1-2;;/h5-8H,1-4H3;1-2H3;1H4;. The lowest BCUT2D eigenvalue weighted by atomic mass is 10.1. The van der Waals surface area contributed by atoms with E-state index in [1.54, 1.807) is 7.11 Å². The van der Waals surface area contributed by atoms with Crippen LogP contribution in [0, 0.1) is 20.8 Å². The molecule has 0 spiro atoms. The highest BCUT2D eigenvalue weighted by atomic mass is 16.5. The molecule has 1 heterocycles. The van der Waals surface area contributed by atoms with Gasteiger partial charge in [-0.1, -0.05) is 21.3 Å². The van der Waals surface area contributed by atoms with Crippen LogP contribution >= 0.6 is 0 Å². The first-order chi connectivity index (χ1) is 8.61. The maximum Gasteiger partial charge on any atom is 0.143 e. The van der Waals surface area contributed by atoms with Gasteiger partial charge < -0.3 is 9.30 Å². The zero-order chi connectivity index (χ0) is 13.7. The van der Waals surface area contributed by atoms with E-state index in [4.69, 9.17) is 4.74 Å². The zero-order valence-electron chi connectivity index (χ0n) is 12.7. The fourth-order valence-corrected chi connectivity index (χ4v) is 1.69. The number of hydrogen-bond donors (Lipinski definition) is 0. The van der Waals surface area contributed by atoms with Crippen LogP contribution in [-0.2, 0) is 0 Å². The summed E-state index contributed by atoms with van der Waals surface area (Å²) in [6.45, 7) is 10.2. The minimum atomic E-state index is 0. The third kappa shape index (κ3) is 4.44. The summed E-state index contributed by atoms with van der Waals surface area (Å²) in [7, 11) is 1.69. The predicted octanol–water partition coefficient (Wildman–Crippen LogP) is 4.09. The molecule has 1 aromatic heterocycles. The van der Waals surface area contributed by atoms with E-state index in [2.05, 4.69) is 31.0 Å². The van der Waals surface area contributed by atoms with E-state index in [1.165, 1.54) is 11.1 Å². The topological polar surface area (TPSA) is 27.1 Å². The van der Waals surface area contributed by atoms with Crippen LogP contribution in [0.2, 0.25) is 0 Å². The summed E-state index contributed by atoms with van der Waals surface area (Å²) in [5, 5.41) is 0. The Balaban J connectivity index is 0. The average molecular weight is 273 g/mol. The molecule has 109 valence electrons. The van der Waals surface area contributed by atoms with Crippen molar-refractivity contribution in [3.05, 3.63) is 41.5 Å². The molecule has 0 unspecified atom stereocenters. The molecule has 20 heavy (non-hydrogen) atoms. The minimum Gasteiger partial charge on any atom is -0.495 e. The molecule has 0 saturated carbocycles. The second-order valence-corrected chi connectivity index (χ2v) is 4.03. The van der Waals surface area contributed by atoms with Crippen molar-refractivity contribution >= 4 is 8.41 Å². The van der Waals surface area contributed by atoms with E-state index < -0.39 is 0 Å². The Morgan fingerprint density at radius 1 is 1.05 bits per heavy atom. The first-order valence-corrected chi connectivity index (χ1v) is 6.28. The first kappa shape index (κ1) is 20.6. The van der Waals surface area contributed by atoms with Gasteiger partial charge in [-0.05, 0) is 44.0 Å². The third-order valence-corrected chi connectivity index (χ3v) is 2.79. The number of methoxy groups -OCH3 is 1. The lowest BCUT2D eigenvalue weighted by molar-refractivity contribution is 0.412. The number of aromatic nitrogens is 2. The number of imidazole rings is 1. The molecule has 0 aliphatic carbocycles. The van der Waals surface area contributed by atoms with Crippen molar-refractivity contribution in [2.75, 3.05) is 7.11 Å². The Bertz CT molecular complexity index is 521. The molecule has 2 aromatic rings. The SMILES string of the molecule is C.CC.COc1cc(C)c(C)cc1-n1cnc(C)c1.[B]. The lowest BCUT2D eigenvalue weighted by Gasteiger charge is -2.12. The molecule has 1 aromatic carbocycles. The van der Waals surface area contributed by atoms with Gasteiger partial charge in [0.2, 0.25) is 0 Å². The van der Waals surface area contributed by atoms with Gasteiger partial charge in [0.1, 0.15) is 5.75 Å². The normalized spacial score (nSPS) is 8.70. The van der Waals surface area contributed by atoms with Crippen molar-refractivity contribution in [2.45, 2.75) is 42.0 Å². The van der Waals surface area contributed by atoms with Gasteiger partial charge in [0.05, 0.1) is 24.8 Å². The molecule has 0 aliphatic rings. The molecular formula is C16H26BN2O. The number of aryl methyl sites for hydroxylation is 3. The van der Waals surface area contributed by atoms with Crippen LogP contribution < -0.4 is 4.74 Å². The summed E-state index contributed by atoms with van der Waals surface area (Å²) < 4.78 is 7.38. The maximum atomic E-state index is 5.40. The third-order valence-electron chi connectivity index (χ3n) is 2.79. The minimum absolute atomic E-state index is 0. The summed E-state index contributed by atoms with van der Waals surface area (Å²) in [4.78, 5) is 4.23. The van der Waals surface area contributed by atoms with Crippen molar-refractivity contribution < 1.29 is 4.74 Å². The van der Waals surface area contributed by atoms with Gasteiger partial charge in [-0.3, -0.25) is 0 Å². The lowest BCUT2D eigenvalue weighted by Crippen LogP contribution is -1.97. The Kier molecular flexibility index (Phi) is 9.52. The Morgan fingerprint density at radius 3 is 2.05 bits per heavy atom. The average Bonchev–Trinajstić information content (AvgIpc) is 2.81. The molecule has 0 bridgehead atoms. The first-order valence-electron chi connectivity index (χ1n) is 6.28. The molecule has 0 aliphatic heterocycles. The Labute approximate surface area is 125 Å². The fraction of sp³-hybridized carbons (Fsp3) is 0.438. The van der Waals surface area contributed by atoms with Crippen LogP contribution in [0.3, 0.4) is 0 Å². The van der Waals surface area contributed by atoms with E-state index >= 15 is 0 Å². The maximum absolute atomic E-state index is 5.40. The molecule has 4 heteroatoms. The van der Waals surface area contributed by atoms with Crippen molar-refractivity contribution in [1.29, 1.82) is 0 Å². The summed E-state index contributed by atoms with van der Waals surface area (Å²) in [6.07, 6.45) is 3.80. The quantitative estimate of drug-likeness (QED) is 0.771. The number of ether oxygens (including phenoxy) is 1. The van der Waals surface area contributed by atoms with Crippen molar-refractivity contribution in [1.82, 2.24) is 9.55 Å². The van der Waals surface area contributed by atoms with Crippen LogP contribution in [0.1, 0.15) is 38.1 Å². The van der Waals surface area contributed by atoms with Gasteiger partial charge in [0, 0.05) is 14.6 Å². The summed E-state index contributed by atoms with van der Waals surface area (Å²) in [6, 6.07) is 4.18. The number of rotatable bonds is 2. The summed E-state index contributed by atoms with van der Waals surface area (Å²) in [5.41, 5.74) is 4.52. The van der Waals surface area contributed by atoms with E-state index in [0.717, 1.165) is 17.1 Å². The molecule has 0 N–H and O–H groups in total. The number of hydrogen-bond acceptors (Lipinski definition) is 2. The summed E-state index contributed by atoms with van der Waals surface area (Å²) >= 11 is 0. The monoisotopic (exact) mass is 273 g/mol. The molecule has 0 atom stereocenters. The Hall–Kier alpha value is -1.71. The van der Waals surface area contributed by atoms with Gasteiger partial charge in [-0.15, -0.1) is 0 Å². The summed E-state index contributed by atoms with van der Waals surface area (Å²) in [5.74, 6) is 0.875. The molecule has 0 amide bonds. The van der Waals surface area contributed by atoms with Crippen LogP contribution in [0.25, 0.3) is 5.69 Å². The Morgan fingerprint density at radius 2 is 1.60 bits per heavy atom. The second kappa shape index (κ2) is 9.24. The van der Waals surface area contributed by atoms with Gasteiger partial charge in [0.25, 0.3) is 0 Å². The molecular weight excluding hydrogens is 247 g/mol. The van der Waals surface area contributed by atoms with E-state index in [1.807, 2.05) is 37.9 Å². The number of benzene rings is 1. The van der Waals surface area contributed by atoms with Crippen LogP contribution in [0.4, 0.5) is 0 Å². The van der Waals surface area contributed by atoms with E-state index in [9.17, 15) is 0 Å². The van der Waals surface area contributed by atoms with Crippen molar-refractivity contribution in [2.24, 2.45) is 0 Å². The van der Waals surface area contributed by atoms with Crippen molar-refractivity contribution in [3.63, 3.8) is 0 Å². The molecule has 3 nitrogen and oxygen atoms in total. The fourth-order valence-electron chi connectivity index (χ4n) is 1.69. The molecule has 0 saturated heterocycles. The molecule has 2 rings (SSSR count).